The fourth-order valence-corrected chi connectivity index (χ4v) is 5.04. The van der Waals surface area contributed by atoms with Crippen molar-refractivity contribution in [3.05, 3.63) is 65.5 Å². The van der Waals surface area contributed by atoms with Gasteiger partial charge in [-0.25, -0.2) is 4.52 Å². The van der Waals surface area contributed by atoms with Crippen LogP contribution in [-0.4, -0.2) is 64.5 Å². The molecule has 0 saturated carbocycles. The molecule has 7 heteroatoms. The van der Waals surface area contributed by atoms with Crippen LogP contribution < -0.4 is 4.74 Å². The number of ether oxygens (including phenoxy) is 1. The first-order valence-corrected chi connectivity index (χ1v) is 11.8. The highest BCUT2D eigenvalue weighted by Crippen LogP contribution is 2.30. The second-order valence-electron chi connectivity index (χ2n) is 9.03. The van der Waals surface area contributed by atoms with Gasteiger partial charge in [0.2, 0.25) is 5.91 Å². The van der Waals surface area contributed by atoms with Crippen LogP contribution in [0, 0.1) is 0 Å². The summed E-state index contributed by atoms with van der Waals surface area (Å²) in [6.07, 6.45) is 8.03. The summed E-state index contributed by atoms with van der Waals surface area (Å²) in [7, 11) is 1.64. The number of nitrogens with zero attached hydrogens (tertiary/aromatic N) is 4. The van der Waals surface area contributed by atoms with Crippen molar-refractivity contribution in [3.63, 3.8) is 0 Å². The normalized spacial score (nSPS) is 17.0. The molecule has 172 valence electrons. The Morgan fingerprint density at radius 2 is 1.82 bits per heavy atom. The molecule has 2 amide bonds. The molecule has 2 saturated heterocycles. The molecule has 2 aliphatic heterocycles. The van der Waals surface area contributed by atoms with E-state index in [0.717, 1.165) is 68.7 Å². The van der Waals surface area contributed by atoms with Crippen molar-refractivity contribution in [2.75, 3.05) is 33.3 Å². The van der Waals surface area contributed by atoms with Crippen LogP contribution in [0.4, 0.5) is 0 Å². The van der Waals surface area contributed by atoms with Crippen molar-refractivity contribution >= 4 is 17.3 Å². The van der Waals surface area contributed by atoms with Gasteiger partial charge >= 0.3 is 0 Å². The number of methoxy groups -OCH3 is 1. The second kappa shape index (κ2) is 9.25. The molecule has 33 heavy (non-hydrogen) atoms. The van der Waals surface area contributed by atoms with E-state index < -0.39 is 0 Å². The minimum Gasteiger partial charge on any atom is -0.497 e. The number of amides is 2. The number of carbonyl (C=O) groups is 2. The molecule has 0 bridgehead atoms. The van der Waals surface area contributed by atoms with Crippen molar-refractivity contribution in [3.8, 4) is 5.75 Å². The molecule has 3 aromatic rings. The van der Waals surface area contributed by atoms with Crippen LogP contribution in [0.5, 0.6) is 5.75 Å². The molecule has 0 unspecified atom stereocenters. The minimum atomic E-state index is 0.0811. The van der Waals surface area contributed by atoms with Gasteiger partial charge in [0.15, 0.2) is 0 Å². The molecule has 7 nitrogen and oxygen atoms in total. The molecule has 1 aromatic carbocycles. The van der Waals surface area contributed by atoms with Crippen LogP contribution in [0.3, 0.4) is 0 Å². The lowest BCUT2D eigenvalue weighted by Gasteiger charge is -2.32. The van der Waals surface area contributed by atoms with E-state index in [2.05, 4.69) is 17.2 Å². The zero-order chi connectivity index (χ0) is 22.8. The molecule has 0 radical (unpaired) electrons. The van der Waals surface area contributed by atoms with E-state index in [-0.39, 0.29) is 11.8 Å². The number of carbonyl (C=O) groups excluding carboxylic acids is 2. The number of fused-ring (bicyclic) bond motifs is 1. The standard InChI is InChI=1S/C26H30N4O3/c1-33-22-6-4-5-19(15-22)16-25(31)28-12-7-20(8-13-28)21-9-14-30-24(17-21)23(18-27-30)26(32)29-10-2-3-11-29/h4-6,9,14-15,17-18,20H,2-3,7-8,10-13,16H2,1H3. The van der Waals surface area contributed by atoms with Gasteiger partial charge in [0.1, 0.15) is 5.75 Å². The molecule has 0 N–H and O–H groups in total. The number of hydrogen-bond acceptors (Lipinski definition) is 4. The van der Waals surface area contributed by atoms with E-state index in [1.807, 2.05) is 40.3 Å². The first-order valence-electron chi connectivity index (χ1n) is 11.8. The highest BCUT2D eigenvalue weighted by atomic mass is 16.5. The van der Waals surface area contributed by atoms with Gasteiger partial charge < -0.3 is 14.5 Å². The van der Waals surface area contributed by atoms with Crippen LogP contribution >= 0.6 is 0 Å². The summed E-state index contributed by atoms with van der Waals surface area (Å²) >= 11 is 0. The molecule has 2 aromatic heterocycles. The predicted molar refractivity (Wildman–Crippen MR) is 126 cm³/mol. The Balaban J connectivity index is 1.25. The van der Waals surface area contributed by atoms with Gasteiger partial charge in [-0.3, -0.25) is 9.59 Å². The fourth-order valence-electron chi connectivity index (χ4n) is 5.04. The summed E-state index contributed by atoms with van der Waals surface area (Å²) in [6.45, 7) is 3.16. The monoisotopic (exact) mass is 446 g/mol. The summed E-state index contributed by atoms with van der Waals surface area (Å²) in [5, 5.41) is 4.39. The summed E-state index contributed by atoms with van der Waals surface area (Å²) < 4.78 is 7.06. The Labute approximate surface area is 193 Å². The van der Waals surface area contributed by atoms with Crippen molar-refractivity contribution < 1.29 is 14.3 Å². The SMILES string of the molecule is COc1cccc(CC(=O)N2CCC(c3ccn4ncc(C(=O)N5CCCC5)c4c3)CC2)c1. The van der Waals surface area contributed by atoms with Crippen LogP contribution in [0.15, 0.2) is 48.8 Å². The zero-order valence-corrected chi connectivity index (χ0v) is 19.1. The first kappa shape index (κ1) is 21.5. The lowest BCUT2D eigenvalue weighted by molar-refractivity contribution is -0.131. The highest BCUT2D eigenvalue weighted by molar-refractivity contribution is 6.00. The van der Waals surface area contributed by atoms with Gasteiger partial charge in [0.05, 0.1) is 30.8 Å². The van der Waals surface area contributed by atoms with E-state index in [4.69, 9.17) is 4.74 Å². The average Bonchev–Trinajstić information content (AvgIpc) is 3.54. The van der Waals surface area contributed by atoms with Crippen LogP contribution in [-0.2, 0) is 11.2 Å². The van der Waals surface area contributed by atoms with Crippen LogP contribution in [0.2, 0.25) is 0 Å². The Morgan fingerprint density at radius 3 is 2.58 bits per heavy atom. The fraction of sp³-hybridized carbons (Fsp3) is 0.423. The number of pyridine rings is 1. The van der Waals surface area contributed by atoms with Gasteiger partial charge in [-0.15, -0.1) is 0 Å². The number of hydrogen-bond donors (Lipinski definition) is 0. The third-order valence-electron chi connectivity index (χ3n) is 6.98. The van der Waals surface area contributed by atoms with Gasteiger partial charge in [-0.2, -0.15) is 5.10 Å². The average molecular weight is 447 g/mol. The molecule has 2 fully saturated rings. The van der Waals surface area contributed by atoms with Crippen molar-refractivity contribution in [2.45, 2.75) is 38.0 Å². The summed E-state index contributed by atoms with van der Waals surface area (Å²) in [5.41, 5.74) is 3.76. The smallest absolute Gasteiger partial charge is 0.257 e. The lowest BCUT2D eigenvalue weighted by atomic mass is 9.89. The van der Waals surface area contributed by atoms with Crippen LogP contribution in [0.25, 0.3) is 5.52 Å². The maximum absolute atomic E-state index is 12.9. The Bertz CT molecular complexity index is 1160. The third kappa shape index (κ3) is 4.45. The lowest BCUT2D eigenvalue weighted by Crippen LogP contribution is -2.38. The van der Waals surface area contributed by atoms with Crippen LogP contribution in [0.1, 0.15) is 53.1 Å². The Hall–Kier alpha value is -3.35. The topological polar surface area (TPSA) is 67.2 Å². The summed E-state index contributed by atoms with van der Waals surface area (Å²) in [6, 6.07) is 11.9. The first-order chi connectivity index (χ1) is 16.1. The predicted octanol–water partition coefficient (Wildman–Crippen LogP) is 3.53. The quantitative estimate of drug-likeness (QED) is 0.601. The van der Waals surface area contributed by atoms with Crippen molar-refractivity contribution in [1.29, 1.82) is 0 Å². The zero-order valence-electron chi connectivity index (χ0n) is 19.1. The van der Waals surface area contributed by atoms with Crippen molar-refractivity contribution in [1.82, 2.24) is 19.4 Å². The Morgan fingerprint density at radius 1 is 1.03 bits per heavy atom. The largest absolute Gasteiger partial charge is 0.497 e. The van der Waals surface area contributed by atoms with Gasteiger partial charge in [-0.05, 0) is 67.0 Å². The number of rotatable bonds is 5. The molecule has 2 aliphatic rings. The second-order valence-corrected chi connectivity index (χ2v) is 9.03. The third-order valence-corrected chi connectivity index (χ3v) is 6.98. The minimum absolute atomic E-state index is 0.0811. The van der Waals surface area contributed by atoms with E-state index in [0.29, 0.717) is 17.9 Å². The highest BCUT2D eigenvalue weighted by Gasteiger charge is 2.26. The maximum Gasteiger partial charge on any atom is 0.257 e. The maximum atomic E-state index is 12.9. The van der Waals surface area contributed by atoms with E-state index in [1.54, 1.807) is 17.8 Å². The molecular weight excluding hydrogens is 416 g/mol. The van der Waals surface area contributed by atoms with E-state index in [1.165, 1.54) is 5.56 Å². The molecule has 5 rings (SSSR count). The number of aromatic nitrogens is 2. The molecule has 0 aliphatic carbocycles. The van der Waals surface area contributed by atoms with E-state index in [9.17, 15) is 9.59 Å². The molecular formula is C26H30N4O3. The molecule has 0 atom stereocenters. The number of likely N-dealkylation sites (tertiary alicyclic amines) is 2. The molecule has 0 spiro atoms. The van der Waals surface area contributed by atoms with E-state index >= 15 is 0 Å². The van der Waals surface area contributed by atoms with Gasteiger partial charge in [-0.1, -0.05) is 12.1 Å². The summed E-state index contributed by atoms with van der Waals surface area (Å²) in [4.78, 5) is 29.7. The number of benzene rings is 1. The van der Waals surface area contributed by atoms with Gasteiger partial charge in [0.25, 0.3) is 5.91 Å². The Kier molecular flexibility index (Phi) is 6.03. The summed E-state index contributed by atoms with van der Waals surface area (Å²) in [5.74, 6) is 1.39. The van der Waals surface area contributed by atoms with Gasteiger partial charge in [0, 0.05) is 32.4 Å². The molecule has 4 heterocycles. The number of piperidine rings is 1. The van der Waals surface area contributed by atoms with Crippen molar-refractivity contribution in [2.24, 2.45) is 0 Å².